The van der Waals surface area contributed by atoms with Gasteiger partial charge < -0.3 is 15.0 Å². The molecule has 0 bridgehead atoms. The number of anilines is 1. The van der Waals surface area contributed by atoms with Gasteiger partial charge in [-0.25, -0.2) is 9.86 Å². The number of amides is 3. The van der Waals surface area contributed by atoms with Crippen LogP contribution in [-0.4, -0.2) is 54.7 Å². The van der Waals surface area contributed by atoms with Gasteiger partial charge in [0.1, 0.15) is 11.4 Å². The van der Waals surface area contributed by atoms with Crippen LogP contribution in [0.2, 0.25) is 0 Å². The van der Waals surface area contributed by atoms with Gasteiger partial charge in [-0.3, -0.25) is 9.63 Å². The first-order valence-electron chi connectivity index (χ1n) is 6.67. The third-order valence-corrected chi connectivity index (χ3v) is 3.72. The number of urea groups is 1. The summed E-state index contributed by atoms with van der Waals surface area (Å²) in [7, 11) is 3.17. The Bertz CT molecular complexity index is 583. The second-order valence-corrected chi connectivity index (χ2v) is 5.36. The van der Waals surface area contributed by atoms with Crippen molar-refractivity contribution in [2.75, 3.05) is 32.6 Å². The molecule has 7 nitrogen and oxygen atoms in total. The SMILES string of the molecule is COc1cccc(NC(=O)N2CC3(CC(=O)N(C)O3)C2)c1. The van der Waals surface area contributed by atoms with Gasteiger partial charge in [-0.2, -0.15) is 0 Å². The predicted molar refractivity (Wildman–Crippen MR) is 74.8 cm³/mol. The van der Waals surface area contributed by atoms with Gasteiger partial charge in [0.15, 0.2) is 0 Å². The fourth-order valence-electron chi connectivity index (χ4n) is 2.63. The summed E-state index contributed by atoms with van der Waals surface area (Å²) in [5.41, 5.74) is 0.137. The third kappa shape index (κ3) is 2.52. The molecule has 2 heterocycles. The van der Waals surface area contributed by atoms with E-state index in [0.29, 0.717) is 30.9 Å². The van der Waals surface area contributed by atoms with Crippen LogP contribution in [-0.2, 0) is 9.63 Å². The molecule has 0 aliphatic carbocycles. The van der Waals surface area contributed by atoms with E-state index in [4.69, 9.17) is 9.57 Å². The normalized spacial score (nSPS) is 19.6. The minimum atomic E-state index is -0.530. The number of likely N-dealkylation sites (tertiary alicyclic amines) is 1. The highest BCUT2D eigenvalue weighted by Crippen LogP contribution is 2.35. The summed E-state index contributed by atoms with van der Waals surface area (Å²) in [6.45, 7) is 0.831. The molecule has 2 aliphatic heterocycles. The maximum absolute atomic E-state index is 12.1. The second kappa shape index (κ2) is 4.92. The number of hydrogen-bond acceptors (Lipinski definition) is 4. The fourth-order valence-corrected chi connectivity index (χ4v) is 2.63. The summed E-state index contributed by atoms with van der Waals surface area (Å²) in [5, 5.41) is 4.05. The zero-order chi connectivity index (χ0) is 15.0. The molecule has 3 rings (SSSR count). The van der Waals surface area contributed by atoms with E-state index in [1.165, 1.54) is 5.06 Å². The maximum Gasteiger partial charge on any atom is 0.322 e. The number of ether oxygens (including phenoxy) is 1. The zero-order valence-corrected chi connectivity index (χ0v) is 12.0. The summed E-state index contributed by atoms with van der Waals surface area (Å²) in [4.78, 5) is 30.7. The van der Waals surface area contributed by atoms with Gasteiger partial charge in [-0.15, -0.1) is 0 Å². The molecule has 1 spiro atoms. The zero-order valence-electron chi connectivity index (χ0n) is 12.0. The number of hydrogen-bond donors (Lipinski definition) is 1. The van der Waals surface area contributed by atoms with Crippen LogP contribution in [0.15, 0.2) is 24.3 Å². The lowest BCUT2D eigenvalue weighted by Crippen LogP contribution is -2.64. The molecule has 1 aromatic rings. The topological polar surface area (TPSA) is 71.1 Å². The van der Waals surface area contributed by atoms with E-state index < -0.39 is 5.60 Å². The largest absolute Gasteiger partial charge is 0.497 e. The molecule has 2 saturated heterocycles. The van der Waals surface area contributed by atoms with Gasteiger partial charge in [0, 0.05) is 18.8 Å². The standard InChI is InChI=1S/C14H17N3O4/c1-16-12(18)7-14(21-16)8-17(9-14)13(19)15-10-4-3-5-11(6-10)20-2/h3-6H,7-9H2,1-2H3,(H,15,19). The van der Waals surface area contributed by atoms with Gasteiger partial charge >= 0.3 is 6.03 Å². The Hall–Kier alpha value is -2.28. The Morgan fingerprint density at radius 1 is 1.43 bits per heavy atom. The Morgan fingerprint density at radius 2 is 2.19 bits per heavy atom. The number of carbonyl (C=O) groups is 2. The van der Waals surface area contributed by atoms with Crippen molar-refractivity contribution >= 4 is 17.6 Å². The number of nitrogens with one attached hydrogen (secondary N) is 1. The van der Waals surface area contributed by atoms with Gasteiger partial charge in [0.2, 0.25) is 5.91 Å². The van der Waals surface area contributed by atoms with Gasteiger partial charge in [-0.1, -0.05) is 6.07 Å². The molecule has 0 unspecified atom stereocenters. The molecule has 2 aliphatic rings. The lowest BCUT2D eigenvalue weighted by Gasteiger charge is -2.45. The molecule has 21 heavy (non-hydrogen) atoms. The van der Waals surface area contributed by atoms with Gasteiger partial charge in [0.25, 0.3) is 0 Å². The smallest absolute Gasteiger partial charge is 0.322 e. The molecule has 0 radical (unpaired) electrons. The molecule has 1 aromatic carbocycles. The van der Waals surface area contributed by atoms with Crippen LogP contribution in [0.1, 0.15) is 6.42 Å². The second-order valence-electron chi connectivity index (χ2n) is 5.36. The van der Waals surface area contributed by atoms with E-state index in [9.17, 15) is 9.59 Å². The first-order chi connectivity index (χ1) is 10.0. The summed E-state index contributed by atoms with van der Waals surface area (Å²) in [6, 6.07) is 6.94. The van der Waals surface area contributed by atoms with E-state index in [0.717, 1.165) is 0 Å². The van der Waals surface area contributed by atoms with Crippen LogP contribution >= 0.6 is 0 Å². The molecular weight excluding hydrogens is 274 g/mol. The number of hydroxylamine groups is 2. The summed E-state index contributed by atoms with van der Waals surface area (Å²) in [5.74, 6) is 0.627. The molecule has 112 valence electrons. The van der Waals surface area contributed by atoms with Crippen LogP contribution in [0.5, 0.6) is 5.75 Å². The third-order valence-electron chi connectivity index (χ3n) is 3.72. The quantitative estimate of drug-likeness (QED) is 0.885. The van der Waals surface area contributed by atoms with Crippen molar-refractivity contribution in [1.29, 1.82) is 0 Å². The number of carbonyl (C=O) groups excluding carboxylic acids is 2. The van der Waals surface area contributed by atoms with E-state index in [1.54, 1.807) is 37.3 Å². The predicted octanol–water partition coefficient (Wildman–Crippen LogP) is 1.08. The van der Waals surface area contributed by atoms with Crippen LogP contribution in [0.4, 0.5) is 10.5 Å². The molecular formula is C14H17N3O4. The van der Waals surface area contributed by atoms with Crippen molar-refractivity contribution in [3.8, 4) is 5.75 Å². The van der Waals surface area contributed by atoms with Crippen LogP contribution in [0.3, 0.4) is 0 Å². The Morgan fingerprint density at radius 3 is 2.81 bits per heavy atom. The van der Waals surface area contributed by atoms with Crippen molar-refractivity contribution in [2.45, 2.75) is 12.0 Å². The molecule has 1 N–H and O–H groups in total. The highest BCUT2D eigenvalue weighted by atomic mass is 16.7. The summed E-state index contributed by atoms with van der Waals surface area (Å²) >= 11 is 0. The van der Waals surface area contributed by atoms with Gasteiger partial charge in [-0.05, 0) is 12.1 Å². The Labute approximate surface area is 122 Å². The Balaban J connectivity index is 1.57. The van der Waals surface area contributed by atoms with Crippen molar-refractivity contribution in [1.82, 2.24) is 9.96 Å². The summed E-state index contributed by atoms with van der Waals surface area (Å²) < 4.78 is 5.11. The van der Waals surface area contributed by atoms with Crippen LogP contribution in [0.25, 0.3) is 0 Å². The van der Waals surface area contributed by atoms with Crippen molar-refractivity contribution < 1.29 is 19.2 Å². The number of benzene rings is 1. The molecule has 3 amide bonds. The van der Waals surface area contributed by atoms with E-state index in [-0.39, 0.29) is 11.9 Å². The highest BCUT2D eigenvalue weighted by Gasteiger charge is 2.54. The van der Waals surface area contributed by atoms with Crippen LogP contribution in [0, 0.1) is 0 Å². The number of methoxy groups -OCH3 is 1. The molecule has 0 aromatic heterocycles. The molecule has 7 heteroatoms. The molecule has 2 fully saturated rings. The minimum Gasteiger partial charge on any atom is -0.497 e. The number of nitrogens with zero attached hydrogens (tertiary/aromatic N) is 2. The fraction of sp³-hybridized carbons (Fsp3) is 0.429. The molecule has 0 saturated carbocycles. The Kier molecular flexibility index (Phi) is 3.21. The average Bonchev–Trinajstić information content (AvgIpc) is 2.73. The van der Waals surface area contributed by atoms with Gasteiger partial charge in [0.05, 0.1) is 26.6 Å². The highest BCUT2D eigenvalue weighted by molar-refractivity contribution is 5.90. The van der Waals surface area contributed by atoms with Crippen LogP contribution < -0.4 is 10.1 Å². The van der Waals surface area contributed by atoms with Crippen molar-refractivity contribution in [3.63, 3.8) is 0 Å². The van der Waals surface area contributed by atoms with Crippen molar-refractivity contribution in [3.05, 3.63) is 24.3 Å². The molecule has 0 atom stereocenters. The maximum atomic E-state index is 12.1. The minimum absolute atomic E-state index is 0.0529. The lowest BCUT2D eigenvalue weighted by molar-refractivity contribution is -0.217. The first kappa shape index (κ1) is 13.7. The van der Waals surface area contributed by atoms with E-state index in [1.807, 2.05) is 6.07 Å². The van der Waals surface area contributed by atoms with Crippen molar-refractivity contribution in [2.24, 2.45) is 0 Å². The van der Waals surface area contributed by atoms with E-state index in [2.05, 4.69) is 5.32 Å². The first-order valence-corrected chi connectivity index (χ1v) is 6.67. The summed E-state index contributed by atoms with van der Waals surface area (Å²) in [6.07, 6.45) is 0.326. The average molecular weight is 291 g/mol. The monoisotopic (exact) mass is 291 g/mol. The number of rotatable bonds is 2. The lowest BCUT2D eigenvalue weighted by atomic mass is 9.91. The van der Waals surface area contributed by atoms with E-state index >= 15 is 0 Å².